The van der Waals surface area contributed by atoms with E-state index >= 15 is 0 Å². The predicted octanol–water partition coefficient (Wildman–Crippen LogP) is 1.22. The lowest BCUT2D eigenvalue weighted by Gasteiger charge is -2.01. The van der Waals surface area contributed by atoms with Gasteiger partial charge in [0.1, 0.15) is 0 Å². The first kappa shape index (κ1) is 8.62. The van der Waals surface area contributed by atoms with Gasteiger partial charge < -0.3 is 9.30 Å². The summed E-state index contributed by atoms with van der Waals surface area (Å²) in [6.45, 7) is 1.65. The molecule has 3 nitrogen and oxygen atoms in total. The highest BCUT2D eigenvalue weighted by atomic mass is 32.2. The molecule has 11 heavy (non-hydrogen) atoms. The molecule has 0 aliphatic rings. The molecule has 0 fully saturated rings. The first-order chi connectivity index (χ1) is 5.43. The van der Waals surface area contributed by atoms with Crippen LogP contribution in [0.15, 0.2) is 18.7 Å². The van der Waals surface area contributed by atoms with Crippen molar-refractivity contribution in [2.24, 2.45) is 0 Å². The molecule has 1 rings (SSSR count). The maximum absolute atomic E-state index is 5.27. The van der Waals surface area contributed by atoms with Crippen LogP contribution in [-0.4, -0.2) is 28.4 Å². The van der Waals surface area contributed by atoms with Crippen LogP contribution in [0.2, 0.25) is 0 Å². The molecule has 0 aliphatic heterocycles. The molecular formula is C7H12N2OS. The van der Waals surface area contributed by atoms with E-state index in [2.05, 4.69) is 4.98 Å². The third kappa shape index (κ3) is 3.43. The summed E-state index contributed by atoms with van der Waals surface area (Å²) in [6.07, 6.45) is 7.52. The van der Waals surface area contributed by atoms with Crippen LogP contribution >= 0.6 is 11.8 Å². The molecule has 4 heteroatoms. The van der Waals surface area contributed by atoms with Crippen molar-refractivity contribution in [3.05, 3.63) is 18.7 Å². The molecule has 1 aromatic heterocycles. The Hall–Kier alpha value is -0.480. The van der Waals surface area contributed by atoms with E-state index in [1.165, 1.54) is 0 Å². The monoisotopic (exact) mass is 172 g/mol. The average Bonchev–Trinajstić information content (AvgIpc) is 2.50. The first-order valence-electron chi connectivity index (χ1n) is 3.46. The number of rotatable bonds is 5. The van der Waals surface area contributed by atoms with Crippen molar-refractivity contribution in [1.82, 2.24) is 9.55 Å². The molecule has 0 aliphatic carbocycles. The van der Waals surface area contributed by atoms with Crippen LogP contribution in [0.3, 0.4) is 0 Å². The third-order valence-electron chi connectivity index (χ3n) is 1.25. The van der Waals surface area contributed by atoms with Crippen LogP contribution in [0.4, 0.5) is 0 Å². The zero-order valence-electron chi connectivity index (χ0n) is 6.56. The minimum Gasteiger partial charge on any atom is -0.369 e. The van der Waals surface area contributed by atoms with Crippen molar-refractivity contribution in [3.8, 4) is 0 Å². The van der Waals surface area contributed by atoms with Crippen molar-refractivity contribution in [2.75, 3.05) is 18.8 Å². The quantitative estimate of drug-likeness (QED) is 0.493. The van der Waals surface area contributed by atoms with Gasteiger partial charge in [-0.1, -0.05) is 0 Å². The van der Waals surface area contributed by atoms with E-state index < -0.39 is 0 Å². The van der Waals surface area contributed by atoms with E-state index in [1.807, 2.05) is 17.0 Å². The number of aromatic nitrogens is 2. The Morgan fingerprint density at radius 1 is 1.64 bits per heavy atom. The molecule has 0 saturated carbocycles. The van der Waals surface area contributed by atoms with Crippen LogP contribution in [0.1, 0.15) is 0 Å². The Morgan fingerprint density at radius 2 is 2.55 bits per heavy atom. The Kier molecular flexibility index (Phi) is 4.08. The highest BCUT2D eigenvalue weighted by Gasteiger charge is 1.88. The summed E-state index contributed by atoms with van der Waals surface area (Å²) in [5.74, 6) is 0.773. The minimum absolute atomic E-state index is 0.761. The Balaban J connectivity index is 2.04. The van der Waals surface area contributed by atoms with Crippen LogP contribution < -0.4 is 0 Å². The molecule has 0 N–H and O–H groups in total. The van der Waals surface area contributed by atoms with Gasteiger partial charge in [0.15, 0.2) is 0 Å². The Bertz CT molecular complexity index is 177. The van der Waals surface area contributed by atoms with E-state index in [0.717, 1.165) is 19.1 Å². The van der Waals surface area contributed by atoms with E-state index in [9.17, 15) is 0 Å². The van der Waals surface area contributed by atoms with Gasteiger partial charge in [0.2, 0.25) is 0 Å². The molecule has 0 bridgehead atoms. The van der Waals surface area contributed by atoms with E-state index in [-0.39, 0.29) is 0 Å². The normalized spacial score (nSPS) is 10.3. The second-order valence-electron chi connectivity index (χ2n) is 2.12. The summed E-state index contributed by atoms with van der Waals surface area (Å²) >= 11 is 1.69. The number of nitrogens with zero attached hydrogens (tertiary/aromatic N) is 2. The fraction of sp³-hybridized carbons (Fsp3) is 0.571. The summed E-state index contributed by atoms with van der Waals surface area (Å²) in [6, 6.07) is 0. The fourth-order valence-electron chi connectivity index (χ4n) is 0.731. The second kappa shape index (κ2) is 5.21. The molecule has 1 aromatic rings. The van der Waals surface area contributed by atoms with Crippen molar-refractivity contribution in [3.63, 3.8) is 0 Å². The number of hydrogen-bond acceptors (Lipinski definition) is 3. The fourth-order valence-corrected chi connectivity index (χ4v) is 1.02. The van der Waals surface area contributed by atoms with Crippen molar-refractivity contribution >= 4 is 11.8 Å². The Morgan fingerprint density at radius 3 is 3.18 bits per heavy atom. The van der Waals surface area contributed by atoms with Crippen LogP contribution in [0.25, 0.3) is 0 Å². The molecule has 0 unspecified atom stereocenters. The van der Waals surface area contributed by atoms with Gasteiger partial charge in [0.05, 0.1) is 18.9 Å². The zero-order chi connectivity index (χ0) is 7.94. The van der Waals surface area contributed by atoms with Crippen LogP contribution in [-0.2, 0) is 11.3 Å². The van der Waals surface area contributed by atoms with Gasteiger partial charge in [-0.2, -0.15) is 0 Å². The van der Waals surface area contributed by atoms with Gasteiger partial charge in [-0.15, -0.1) is 11.8 Å². The topological polar surface area (TPSA) is 27.1 Å². The molecule has 0 amide bonds. The van der Waals surface area contributed by atoms with Gasteiger partial charge in [0, 0.05) is 18.9 Å². The number of ether oxygens (including phenoxy) is 1. The summed E-state index contributed by atoms with van der Waals surface area (Å²) < 4.78 is 7.27. The lowest BCUT2D eigenvalue weighted by molar-refractivity contribution is 0.172. The SMILES string of the molecule is CSCOCCn1ccnc1. The van der Waals surface area contributed by atoms with Gasteiger partial charge in [-0.25, -0.2) is 4.98 Å². The number of thioether (sulfide) groups is 1. The van der Waals surface area contributed by atoms with Crippen molar-refractivity contribution in [1.29, 1.82) is 0 Å². The van der Waals surface area contributed by atoms with Crippen molar-refractivity contribution < 1.29 is 4.74 Å². The van der Waals surface area contributed by atoms with E-state index in [0.29, 0.717) is 0 Å². The number of hydrogen-bond donors (Lipinski definition) is 0. The van der Waals surface area contributed by atoms with Crippen molar-refractivity contribution in [2.45, 2.75) is 6.54 Å². The van der Waals surface area contributed by atoms with E-state index in [1.54, 1.807) is 24.3 Å². The molecule has 62 valence electrons. The van der Waals surface area contributed by atoms with Gasteiger partial charge in [-0.05, 0) is 6.26 Å². The maximum Gasteiger partial charge on any atom is 0.0946 e. The molecular weight excluding hydrogens is 160 g/mol. The van der Waals surface area contributed by atoms with Crippen LogP contribution in [0.5, 0.6) is 0 Å². The molecule has 0 spiro atoms. The zero-order valence-corrected chi connectivity index (χ0v) is 7.38. The second-order valence-corrected chi connectivity index (χ2v) is 2.93. The lowest BCUT2D eigenvalue weighted by atomic mass is 10.7. The number of imidazole rings is 1. The smallest absolute Gasteiger partial charge is 0.0946 e. The maximum atomic E-state index is 5.27. The van der Waals surface area contributed by atoms with Crippen LogP contribution in [0, 0.1) is 0 Å². The summed E-state index contributed by atoms with van der Waals surface area (Å²) in [7, 11) is 0. The molecule has 0 aromatic carbocycles. The largest absolute Gasteiger partial charge is 0.369 e. The summed E-state index contributed by atoms with van der Waals surface area (Å²) in [5, 5.41) is 0. The molecule has 0 atom stereocenters. The molecule has 0 radical (unpaired) electrons. The highest BCUT2D eigenvalue weighted by molar-refractivity contribution is 7.98. The minimum atomic E-state index is 0.761. The summed E-state index contributed by atoms with van der Waals surface area (Å²) in [4.78, 5) is 3.92. The average molecular weight is 172 g/mol. The molecule has 1 heterocycles. The molecule has 0 saturated heterocycles. The Labute approximate surface area is 70.8 Å². The standard InChI is InChI=1S/C7H12N2OS/c1-11-7-10-5-4-9-3-2-8-6-9/h2-3,6H,4-5,7H2,1H3. The van der Waals surface area contributed by atoms with Gasteiger partial charge >= 0.3 is 0 Å². The predicted molar refractivity (Wildman–Crippen MR) is 46.6 cm³/mol. The first-order valence-corrected chi connectivity index (χ1v) is 4.85. The summed E-state index contributed by atoms with van der Waals surface area (Å²) in [5.41, 5.74) is 0. The van der Waals surface area contributed by atoms with Gasteiger partial charge in [-0.3, -0.25) is 0 Å². The third-order valence-corrected chi connectivity index (χ3v) is 1.66. The van der Waals surface area contributed by atoms with Gasteiger partial charge in [0.25, 0.3) is 0 Å². The van der Waals surface area contributed by atoms with E-state index in [4.69, 9.17) is 4.74 Å². The highest BCUT2D eigenvalue weighted by Crippen LogP contribution is 1.92. The lowest BCUT2D eigenvalue weighted by Crippen LogP contribution is -2.03.